The number of nitrogens with zero attached hydrogens (tertiary/aromatic N) is 1. The number of hydrogen-bond donors (Lipinski definition) is 2. The van der Waals surface area contributed by atoms with Crippen molar-refractivity contribution in [3.8, 4) is 11.3 Å². The zero-order chi connectivity index (χ0) is 14.6. The molecule has 2 N–H and O–H groups in total. The van der Waals surface area contributed by atoms with Crippen molar-refractivity contribution in [3.63, 3.8) is 0 Å². The molecule has 1 aromatic heterocycles. The lowest BCUT2D eigenvalue weighted by atomic mass is 10.0. The molecule has 6 heteroatoms. The molecule has 0 bridgehead atoms. The predicted molar refractivity (Wildman–Crippen MR) is 71.0 cm³/mol. The lowest BCUT2D eigenvalue weighted by molar-refractivity contribution is -0.137. The molecule has 0 aliphatic rings. The third kappa shape index (κ3) is 3.39. The van der Waals surface area contributed by atoms with Crippen molar-refractivity contribution in [2.24, 2.45) is 0 Å². The molecule has 0 saturated heterocycles. The molecular weight excluding hydrogens is 267 g/mol. The molecule has 1 heterocycles. The van der Waals surface area contributed by atoms with E-state index in [1.165, 1.54) is 12.1 Å². The first-order chi connectivity index (χ1) is 9.52. The second-order valence-electron chi connectivity index (χ2n) is 4.50. The van der Waals surface area contributed by atoms with Crippen LogP contribution in [-0.2, 0) is 12.7 Å². The summed E-state index contributed by atoms with van der Waals surface area (Å²) in [6, 6.07) is 7.10. The molecule has 3 nitrogen and oxygen atoms in total. The van der Waals surface area contributed by atoms with Crippen LogP contribution in [0.15, 0.2) is 30.3 Å². The second kappa shape index (κ2) is 6.09. The Morgan fingerprint density at radius 2 is 2.00 bits per heavy atom. The highest BCUT2D eigenvalue weighted by Crippen LogP contribution is 2.36. The normalized spacial score (nSPS) is 11.8. The maximum atomic E-state index is 12.9. The summed E-state index contributed by atoms with van der Waals surface area (Å²) in [5.41, 5.74) is 0.509. The lowest BCUT2D eigenvalue weighted by Gasteiger charge is -2.10. The van der Waals surface area contributed by atoms with Crippen molar-refractivity contribution in [1.29, 1.82) is 0 Å². The van der Waals surface area contributed by atoms with Crippen LogP contribution in [0.5, 0.6) is 0 Å². The van der Waals surface area contributed by atoms with Gasteiger partial charge in [-0.1, -0.05) is 25.1 Å². The highest BCUT2D eigenvalue weighted by molar-refractivity contribution is 5.64. The van der Waals surface area contributed by atoms with Crippen LogP contribution in [0.2, 0.25) is 0 Å². The maximum absolute atomic E-state index is 12.9. The highest BCUT2D eigenvalue weighted by atomic mass is 19.4. The minimum Gasteiger partial charge on any atom is -0.311 e. The Balaban J connectivity index is 2.24. The molecule has 0 radical (unpaired) electrons. The largest absolute Gasteiger partial charge is 0.417 e. The van der Waals surface area contributed by atoms with Gasteiger partial charge in [0.05, 0.1) is 11.3 Å². The predicted octanol–water partition coefficient (Wildman–Crippen LogP) is 3.60. The van der Waals surface area contributed by atoms with Crippen LogP contribution >= 0.6 is 0 Å². The smallest absolute Gasteiger partial charge is 0.311 e. The van der Waals surface area contributed by atoms with Gasteiger partial charge in [-0.25, -0.2) is 0 Å². The summed E-state index contributed by atoms with van der Waals surface area (Å²) in [7, 11) is 0. The van der Waals surface area contributed by atoms with Gasteiger partial charge in [0.2, 0.25) is 0 Å². The monoisotopic (exact) mass is 283 g/mol. The zero-order valence-electron chi connectivity index (χ0n) is 11.1. The molecule has 0 fully saturated rings. The van der Waals surface area contributed by atoms with Crippen LogP contribution in [-0.4, -0.2) is 16.7 Å². The van der Waals surface area contributed by atoms with Gasteiger partial charge in [-0.2, -0.15) is 18.3 Å². The standard InChI is InChI=1S/C14H16F3N3/c1-2-7-18-9-10-8-13(20-19-10)11-5-3-4-6-12(11)14(15,16)17/h3-6,8,18H,2,7,9H2,1H3,(H,19,20). The Kier molecular flexibility index (Phi) is 4.44. The van der Waals surface area contributed by atoms with Crippen LogP contribution in [0, 0.1) is 0 Å². The van der Waals surface area contributed by atoms with Crippen molar-refractivity contribution in [3.05, 3.63) is 41.6 Å². The SMILES string of the molecule is CCCNCc1cc(-c2ccccc2C(F)(F)F)n[nH]1. The van der Waals surface area contributed by atoms with Gasteiger partial charge in [0.1, 0.15) is 0 Å². The van der Waals surface area contributed by atoms with E-state index < -0.39 is 11.7 Å². The molecule has 0 aliphatic heterocycles. The lowest BCUT2D eigenvalue weighted by Crippen LogP contribution is -2.13. The number of halogens is 3. The molecule has 0 amide bonds. The van der Waals surface area contributed by atoms with Crippen LogP contribution < -0.4 is 5.32 Å². The molecule has 2 aromatic rings. The maximum Gasteiger partial charge on any atom is 0.417 e. The fraction of sp³-hybridized carbons (Fsp3) is 0.357. The topological polar surface area (TPSA) is 40.7 Å². The number of aromatic amines is 1. The minimum absolute atomic E-state index is 0.0954. The molecule has 1 aromatic carbocycles. The van der Waals surface area contributed by atoms with E-state index in [1.807, 2.05) is 6.92 Å². The first-order valence-electron chi connectivity index (χ1n) is 6.44. The summed E-state index contributed by atoms with van der Waals surface area (Å²) >= 11 is 0. The van der Waals surface area contributed by atoms with Crippen molar-refractivity contribution in [2.45, 2.75) is 26.1 Å². The Labute approximate surface area is 115 Å². The van der Waals surface area contributed by atoms with Gasteiger partial charge in [-0.3, -0.25) is 5.10 Å². The van der Waals surface area contributed by atoms with Crippen molar-refractivity contribution >= 4 is 0 Å². The second-order valence-corrected chi connectivity index (χ2v) is 4.50. The zero-order valence-corrected chi connectivity index (χ0v) is 11.1. The van der Waals surface area contributed by atoms with Crippen molar-refractivity contribution < 1.29 is 13.2 Å². The van der Waals surface area contributed by atoms with Gasteiger partial charge in [0.15, 0.2) is 0 Å². The molecule has 0 spiro atoms. The van der Waals surface area contributed by atoms with E-state index in [0.29, 0.717) is 12.2 Å². The molecule has 20 heavy (non-hydrogen) atoms. The van der Waals surface area contributed by atoms with E-state index in [9.17, 15) is 13.2 Å². The van der Waals surface area contributed by atoms with Gasteiger partial charge < -0.3 is 5.32 Å². The van der Waals surface area contributed by atoms with E-state index in [-0.39, 0.29) is 5.56 Å². The van der Waals surface area contributed by atoms with Gasteiger partial charge in [-0.15, -0.1) is 0 Å². The fourth-order valence-electron chi connectivity index (χ4n) is 1.94. The number of nitrogens with one attached hydrogen (secondary N) is 2. The molecular formula is C14H16F3N3. The molecule has 0 saturated carbocycles. The molecule has 0 aliphatic carbocycles. The Bertz CT molecular complexity index is 561. The van der Waals surface area contributed by atoms with E-state index in [0.717, 1.165) is 24.7 Å². The Hall–Kier alpha value is -1.82. The molecule has 108 valence electrons. The average Bonchev–Trinajstić information content (AvgIpc) is 2.87. The number of H-pyrrole nitrogens is 1. The third-order valence-electron chi connectivity index (χ3n) is 2.88. The van der Waals surface area contributed by atoms with E-state index >= 15 is 0 Å². The number of aromatic nitrogens is 2. The van der Waals surface area contributed by atoms with E-state index in [2.05, 4.69) is 15.5 Å². The quantitative estimate of drug-likeness (QED) is 0.823. The summed E-state index contributed by atoms with van der Waals surface area (Å²) in [4.78, 5) is 0. The molecule has 2 rings (SSSR count). The molecule has 0 atom stereocenters. The number of rotatable bonds is 5. The van der Waals surface area contributed by atoms with Crippen LogP contribution in [0.3, 0.4) is 0 Å². The first-order valence-corrected chi connectivity index (χ1v) is 6.44. The summed E-state index contributed by atoms with van der Waals surface area (Å²) in [6.45, 7) is 3.47. The summed E-state index contributed by atoms with van der Waals surface area (Å²) in [5, 5.41) is 9.90. The fourth-order valence-corrected chi connectivity index (χ4v) is 1.94. The Morgan fingerprint density at radius 1 is 1.25 bits per heavy atom. The van der Waals surface area contributed by atoms with Crippen LogP contribution in [0.4, 0.5) is 13.2 Å². The van der Waals surface area contributed by atoms with Crippen LogP contribution in [0.1, 0.15) is 24.6 Å². The Morgan fingerprint density at radius 3 is 2.70 bits per heavy atom. The van der Waals surface area contributed by atoms with Gasteiger partial charge in [0.25, 0.3) is 0 Å². The highest BCUT2D eigenvalue weighted by Gasteiger charge is 2.33. The minimum atomic E-state index is -4.38. The number of alkyl halides is 3. The van der Waals surface area contributed by atoms with E-state index in [4.69, 9.17) is 0 Å². The summed E-state index contributed by atoms with van der Waals surface area (Å²) < 4.78 is 38.8. The summed E-state index contributed by atoms with van der Waals surface area (Å²) in [6.07, 6.45) is -3.38. The van der Waals surface area contributed by atoms with Gasteiger partial charge in [-0.05, 0) is 25.1 Å². The average molecular weight is 283 g/mol. The van der Waals surface area contributed by atoms with Gasteiger partial charge >= 0.3 is 6.18 Å². The third-order valence-corrected chi connectivity index (χ3v) is 2.88. The number of hydrogen-bond acceptors (Lipinski definition) is 2. The summed E-state index contributed by atoms with van der Waals surface area (Å²) in [5.74, 6) is 0. The van der Waals surface area contributed by atoms with Gasteiger partial charge in [0, 0.05) is 17.8 Å². The first kappa shape index (κ1) is 14.6. The van der Waals surface area contributed by atoms with Crippen molar-refractivity contribution in [2.75, 3.05) is 6.54 Å². The van der Waals surface area contributed by atoms with Crippen molar-refractivity contribution in [1.82, 2.24) is 15.5 Å². The molecule has 0 unspecified atom stereocenters. The van der Waals surface area contributed by atoms with Crippen LogP contribution in [0.25, 0.3) is 11.3 Å². The van der Waals surface area contributed by atoms with E-state index in [1.54, 1.807) is 12.1 Å². The number of benzene rings is 1.